The Labute approximate surface area is 99.8 Å². The van der Waals surface area contributed by atoms with Gasteiger partial charge in [0, 0.05) is 0 Å². The third-order valence-electron chi connectivity index (χ3n) is 1.93. The molecule has 0 aliphatic rings. The Morgan fingerprint density at radius 1 is 1.53 bits per heavy atom. The lowest BCUT2D eigenvalue weighted by atomic mass is 10.3. The van der Waals surface area contributed by atoms with Crippen LogP contribution in [0.25, 0.3) is 0 Å². The maximum atomic E-state index is 13.3. The summed E-state index contributed by atoms with van der Waals surface area (Å²) in [5.74, 6) is -0.872. The molecule has 0 spiro atoms. The molecule has 0 aliphatic carbocycles. The van der Waals surface area contributed by atoms with Crippen molar-refractivity contribution in [2.75, 3.05) is 0 Å². The molecule has 5 nitrogen and oxygen atoms in total. The van der Waals surface area contributed by atoms with E-state index < -0.39 is 16.4 Å². The molecule has 7 heteroatoms. The number of rotatable bonds is 3. The fourth-order valence-electron chi connectivity index (χ4n) is 1.23. The molecular weight excluding hydrogens is 247 g/mol. The van der Waals surface area contributed by atoms with Crippen molar-refractivity contribution in [2.45, 2.75) is 17.0 Å². The van der Waals surface area contributed by atoms with Crippen LogP contribution in [-0.2, 0) is 0 Å². The van der Waals surface area contributed by atoms with E-state index in [1.807, 2.05) is 0 Å². The summed E-state index contributed by atoms with van der Waals surface area (Å²) in [4.78, 5) is 14.1. The molecule has 2 aromatic rings. The Morgan fingerprint density at radius 2 is 2.29 bits per heavy atom. The van der Waals surface area contributed by atoms with Gasteiger partial charge >= 0.3 is 5.69 Å². The van der Waals surface area contributed by atoms with Gasteiger partial charge in [-0.2, -0.15) is 4.39 Å². The van der Waals surface area contributed by atoms with Crippen molar-refractivity contribution in [3.05, 3.63) is 46.1 Å². The summed E-state index contributed by atoms with van der Waals surface area (Å²) in [5, 5.41) is 11.0. The molecule has 1 aromatic carbocycles. The molecule has 0 radical (unpaired) electrons. The van der Waals surface area contributed by atoms with Gasteiger partial charge in [-0.05, 0) is 30.8 Å². The van der Waals surface area contributed by atoms with Gasteiger partial charge in [-0.1, -0.05) is 6.07 Å². The van der Waals surface area contributed by atoms with Crippen LogP contribution >= 0.6 is 11.8 Å². The number of aryl methyl sites for hydroxylation is 1. The molecule has 2 rings (SSSR count). The number of halogens is 1. The first-order valence-electron chi connectivity index (χ1n) is 4.61. The normalized spacial score (nSPS) is 10.5. The smallest absolute Gasteiger partial charge is 0.318 e. The summed E-state index contributed by atoms with van der Waals surface area (Å²) < 4.78 is 18.4. The molecule has 0 N–H and O–H groups in total. The highest BCUT2D eigenvalue weighted by Gasteiger charge is 2.21. The number of nitro benzene ring substituents is 1. The fourth-order valence-corrected chi connectivity index (χ4v) is 2.12. The van der Waals surface area contributed by atoms with Gasteiger partial charge in [0.25, 0.3) is 5.22 Å². The van der Waals surface area contributed by atoms with E-state index in [1.165, 1.54) is 18.4 Å². The molecule has 1 aromatic heterocycles. The molecule has 17 heavy (non-hydrogen) atoms. The van der Waals surface area contributed by atoms with E-state index in [1.54, 1.807) is 6.92 Å². The lowest BCUT2D eigenvalue weighted by Gasteiger charge is -1.99. The number of nitrogens with zero attached hydrogens (tertiary/aromatic N) is 2. The number of aromatic nitrogens is 1. The van der Waals surface area contributed by atoms with Crippen LogP contribution in [-0.4, -0.2) is 9.91 Å². The van der Waals surface area contributed by atoms with E-state index in [9.17, 15) is 14.5 Å². The molecule has 1 heterocycles. The lowest BCUT2D eigenvalue weighted by molar-refractivity contribution is -0.390. The lowest BCUT2D eigenvalue weighted by Crippen LogP contribution is -1.94. The van der Waals surface area contributed by atoms with Crippen molar-refractivity contribution in [3.8, 4) is 0 Å². The first-order chi connectivity index (χ1) is 8.08. The minimum Gasteiger partial charge on any atom is -0.439 e. The van der Waals surface area contributed by atoms with Gasteiger partial charge in [0.05, 0.1) is 15.5 Å². The first-order valence-corrected chi connectivity index (χ1v) is 5.42. The number of hydrogen-bond acceptors (Lipinski definition) is 5. The van der Waals surface area contributed by atoms with E-state index in [4.69, 9.17) is 4.42 Å². The number of hydrogen-bond donors (Lipinski definition) is 0. The van der Waals surface area contributed by atoms with Crippen LogP contribution in [0.1, 0.15) is 5.69 Å². The summed E-state index contributed by atoms with van der Waals surface area (Å²) in [6.45, 7) is 1.73. The highest BCUT2D eigenvalue weighted by Crippen LogP contribution is 2.35. The molecule has 0 unspecified atom stereocenters. The second-order valence-electron chi connectivity index (χ2n) is 3.20. The Kier molecular flexibility index (Phi) is 3.10. The van der Waals surface area contributed by atoms with Gasteiger partial charge in [0.2, 0.25) is 5.82 Å². The van der Waals surface area contributed by atoms with Gasteiger partial charge in [-0.25, -0.2) is 4.98 Å². The molecular formula is C10H7FN2O3S. The number of nitro groups is 1. The number of oxazole rings is 1. The largest absolute Gasteiger partial charge is 0.439 e. The van der Waals surface area contributed by atoms with Gasteiger partial charge < -0.3 is 4.42 Å². The summed E-state index contributed by atoms with van der Waals surface area (Å²) >= 11 is 0.918. The van der Waals surface area contributed by atoms with Crippen molar-refractivity contribution >= 4 is 17.4 Å². The van der Waals surface area contributed by atoms with Crippen LogP contribution in [0.4, 0.5) is 10.1 Å². The number of benzene rings is 1. The van der Waals surface area contributed by atoms with E-state index in [0.717, 1.165) is 17.8 Å². The Hall–Kier alpha value is -1.89. The zero-order chi connectivity index (χ0) is 12.4. The molecule has 0 amide bonds. The van der Waals surface area contributed by atoms with Crippen molar-refractivity contribution < 1.29 is 13.7 Å². The van der Waals surface area contributed by atoms with Crippen LogP contribution in [0.15, 0.2) is 39.0 Å². The maximum Gasteiger partial charge on any atom is 0.318 e. The molecule has 0 fully saturated rings. The van der Waals surface area contributed by atoms with Gasteiger partial charge in [0.1, 0.15) is 6.26 Å². The molecule has 88 valence electrons. The summed E-state index contributed by atoms with van der Waals surface area (Å²) in [5.41, 5.74) is 0.0971. The van der Waals surface area contributed by atoms with Gasteiger partial charge in [-0.15, -0.1) is 0 Å². The van der Waals surface area contributed by atoms with Gasteiger partial charge in [0.15, 0.2) is 0 Å². The Bertz CT molecular complexity index is 570. The first kappa shape index (κ1) is 11.6. The SMILES string of the molecule is Cc1coc(Sc2cccc(F)c2[N+](=O)[O-])n1. The quantitative estimate of drug-likeness (QED) is 0.621. The van der Waals surface area contributed by atoms with E-state index >= 15 is 0 Å². The van der Waals surface area contributed by atoms with E-state index in [-0.39, 0.29) is 10.1 Å². The summed E-state index contributed by atoms with van der Waals surface area (Å²) in [7, 11) is 0. The second-order valence-corrected chi connectivity index (χ2v) is 4.19. The summed E-state index contributed by atoms with van der Waals surface area (Å²) in [6.07, 6.45) is 1.42. The van der Waals surface area contributed by atoms with Crippen molar-refractivity contribution in [1.82, 2.24) is 4.98 Å². The zero-order valence-electron chi connectivity index (χ0n) is 8.71. The van der Waals surface area contributed by atoms with E-state index in [2.05, 4.69) is 4.98 Å². The van der Waals surface area contributed by atoms with Crippen LogP contribution in [0.5, 0.6) is 0 Å². The minimum absolute atomic E-state index is 0.164. The molecule has 0 aliphatic heterocycles. The fraction of sp³-hybridized carbons (Fsp3) is 0.100. The average molecular weight is 254 g/mol. The minimum atomic E-state index is -0.872. The second kappa shape index (κ2) is 4.54. The van der Waals surface area contributed by atoms with Crippen molar-refractivity contribution in [3.63, 3.8) is 0 Å². The topological polar surface area (TPSA) is 69.2 Å². The highest BCUT2D eigenvalue weighted by molar-refractivity contribution is 7.99. The Balaban J connectivity index is 2.39. The molecule has 0 bridgehead atoms. The van der Waals surface area contributed by atoms with Crippen LogP contribution in [0, 0.1) is 22.9 Å². The van der Waals surface area contributed by atoms with Gasteiger partial charge in [-0.3, -0.25) is 10.1 Å². The van der Waals surface area contributed by atoms with Crippen LogP contribution in [0.3, 0.4) is 0 Å². The standard InChI is InChI=1S/C10H7FN2O3S/c1-6-5-16-10(12-6)17-8-4-2-3-7(11)9(8)13(14)15/h2-5H,1H3. The third-order valence-corrected chi connectivity index (χ3v) is 2.84. The Morgan fingerprint density at radius 3 is 2.88 bits per heavy atom. The average Bonchev–Trinajstić information content (AvgIpc) is 2.63. The number of para-hydroxylation sites is 1. The zero-order valence-corrected chi connectivity index (χ0v) is 9.53. The molecule has 0 atom stereocenters. The van der Waals surface area contributed by atoms with Crippen LogP contribution < -0.4 is 0 Å². The van der Waals surface area contributed by atoms with E-state index in [0.29, 0.717) is 5.69 Å². The van der Waals surface area contributed by atoms with Crippen molar-refractivity contribution in [2.24, 2.45) is 0 Å². The summed E-state index contributed by atoms with van der Waals surface area (Å²) in [6, 6.07) is 3.90. The highest BCUT2D eigenvalue weighted by atomic mass is 32.2. The maximum absolute atomic E-state index is 13.3. The van der Waals surface area contributed by atoms with Crippen molar-refractivity contribution in [1.29, 1.82) is 0 Å². The predicted molar refractivity (Wildman–Crippen MR) is 58.4 cm³/mol. The third kappa shape index (κ3) is 2.44. The van der Waals surface area contributed by atoms with Crippen LogP contribution in [0.2, 0.25) is 0 Å². The monoisotopic (exact) mass is 254 g/mol. The molecule has 0 saturated heterocycles. The molecule has 0 saturated carbocycles. The predicted octanol–water partition coefficient (Wildman–Crippen LogP) is 3.18.